The number of nitrogens with two attached hydrogens (primary N) is 1. The lowest BCUT2D eigenvalue weighted by Gasteiger charge is -2.38. The maximum Gasteiger partial charge on any atom is 0.244 e. The van der Waals surface area contributed by atoms with E-state index in [4.69, 9.17) is 5.73 Å². The predicted molar refractivity (Wildman–Crippen MR) is 81.6 cm³/mol. The molecule has 2 aliphatic heterocycles. The van der Waals surface area contributed by atoms with Crippen LogP contribution in [0.3, 0.4) is 0 Å². The summed E-state index contributed by atoms with van der Waals surface area (Å²) < 4.78 is 25.3. The number of nitrogens with zero attached hydrogens (tertiary/aromatic N) is 3. The monoisotopic (exact) mass is 310 g/mol. The molecule has 0 aliphatic carbocycles. The molecular weight excluding hydrogens is 288 g/mol. The summed E-state index contributed by atoms with van der Waals surface area (Å²) in [6.45, 7) is 0. The average molecular weight is 310 g/mol. The zero-order valence-corrected chi connectivity index (χ0v) is 13.3. The fourth-order valence-electron chi connectivity index (χ4n) is 3.48. The third kappa shape index (κ3) is 2.54. The lowest BCUT2D eigenvalue weighted by molar-refractivity contribution is 0.412. The molecule has 7 heteroatoms. The molecule has 2 unspecified atom stereocenters. The Morgan fingerprint density at radius 1 is 1.24 bits per heavy atom. The van der Waals surface area contributed by atoms with Crippen LogP contribution in [-0.4, -0.2) is 49.9 Å². The molecule has 6 nitrogen and oxygen atoms in total. The fourth-order valence-corrected chi connectivity index (χ4v) is 4.33. The first kappa shape index (κ1) is 14.7. The molecule has 21 heavy (non-hydrogen) atoms. The fraction of sp³-hybridized carbons (Fsp3) is 0.643. The second-order valence-electron chi connectivity index (χ2n) is 6.16. The van der Waals surface area contributed by atoms with Crippen molar-refractivity contribution in [1.29, 1.82) is 0 Å². The van der Waals surface area contributed by atoms with Crippen LogP contribution in [0, 0.1) is 0 Å². The summed E-state index contributed by atoms with van der Waals surface area (Å²) in [6, 6.07) is 4.64. The Bertz CT molecular complexity index is 600. The van der Waals surface area contributed by atoms with Crippen LogP contribution >= 0.6 is 0 Å². The minimum atomic E-state index is -3.41. The summed E-state index contributed by atoms with van der Waals surface area (Å²) >= 11 is 0. The van der Waals surface area contributed by atoms with Gasteiger partial charge in [0.25, 0.3) is 0 Å². The van der Waals surface area contributed by atoms with Gasteiger partial charge >= 0.3 is 0 Å². The number of hydrogen-bond donors (Lipinski definition) is 1. The highest BCUT2D eigenvalue weighted by Gasteiger charge is 2.40. The topological polar surface area (TPSA) is 79.5 Å². The van der Waals surface area contributed by atoms with Gasteiger partial charge in [-0.25, -0.2) is 17.7 Å². The Morgan fingerprint density at radius 3 is 2.33 bits per heavy atom. The summed E-state index contributed by atoms with van der Waals surface area (Å²) in [5, 5.41) is 0. The van der Waals surface area contributed by atoms with Gasteiger partial charge in [0, 0.05) is 38.4 Å². The Morgan fingerprint density at radius 2 is 1.86 bits per heavy atom. The van der Waals surface area contributed by atoms with E-state index >= 15 is 0 Å². The number of pyridine rings is 1. The van der Waals surface area contributed by atoms with E-state index in [-0.39, 0.29) is 10.9 Å². The van der Waals surface area contributed by atoms with E-state index < -0.39 is 10.0 Å². The molecule has 2 N–H and O–H groups in total. The highest BCUT2D eigenvalue weighted by atomic mass is 32.2. The van der Waals surface area contributed by atoms with Crippen molar-refractivity contribution in [3.8, 4) is 0 Å². The van der Waals surface area contributed by atoms with Gasteiger partial charge in [-0.05, 0) is 37.8 Å². The van der Waals surface area contributed by atoms with Crippen LogP contribution in [0.15, 0.2) is 23.2 Å². The number of anilines is 1. The summed E-state index contributed by atoms with van der Waals surface area (Å²) in [7, 11) is -0.366. The maximum absolute atomic E-state index is 12.1. The van der Waals surface area contributed by atoms with Gasteiger partial charge in [0.15, 0.2) is 0 Å². The van der Waals surface area contributed by atoms with Crippen molar-refractivity contribution in [2.24, 2.45) is 5.73 Å². The van der Waals surface area contributed by atoms with Crippen LogP contribution in [0.1, 0.15) is 25.7 Å². The zero-order valence-electron chi connectivity index (χ0n) is 12.4. The van der Waals surface area contributed by atoms with Crippen molar-refractivity contribution in [3.63, 3.8) is 0 Å². The van der Waals surface area contributed by atoms with E-state index in [9.17, 15) is 8.42 Å². The number of fused-ring (bicyclic) bond motifs is 2. The standard InChI is InChI=1S/C14H22N4O2S/c1-17(2)21(19,20)13-5-6-14(16-9-13)18-11-3-4-12(18)8-10(15)7-11/h5-6,9-12H,3-4,7-8,15H2,1-2H3. The summed E-state index contributed by atoms with van der Waals surface area (Å²) in [6.07, 6.45) is 5.75. The van der Waals surface area contributed by atoms with Crippen LogP contribution in [0.4, 0.5) is 5.82 Å². The largest absolute Gasteiger partial charge is 0.351 e. The molecule has 1 aromatic heterocycles. The van der Waals surface area contributed by atoms with Crippen molar-refractivity contribution in [2.45, 2.75) is 48.7 Å². The van der Waals surface area contributed by atoms with Gasteiger partial charge in [0.2, 0.25) is 10.0 Å². The van der Waals surface area contributed by atoms with E-state index in [2.05, 4.69) is 9.88 Å². The molecule has 3 rings (SSSR count). The van der Waals surface area contributed by atoms with Gasteiger partial charge in [-0.3, -0.25) is 0 Å². The highest BCUT2D eigenvalue weighted by molar-refractivity contribution is 7.89. The molecule has 1 aromatic rings. The Hall–Kier alpha value is -1.18. The third-order valence-corrected chi connectivity index (χ3v) is 6.33. The van der Waals surface area contributed by atoms with Crippen molar-refractivity contribution in [1.82, 2.24) is 9.29 Å². The Balaban J connectivity index is 1.86. The second kappa shape index (κ2) is 5.23. The Labute approximate surface area is 126 Å². The first-order chi connectivity index (χ1) is 9.89. The minimum Gasteiger partial charge on any atom is -0.351 e. The van der Waals surface area contributed by atoms with E-state index in [0.29, 0.717) is 12.1 Å². The van der Waals surface area contributed by atoms with E-state index in [1.54, 1.807) is 6.07 Å². The number of sulfonamides is 1. The lowest BCUT2D eigenvalue weighted by Crippen LogP contribution is -2.47. The molecule has 0 amide bonds. The van der Waals surface area contributed by atoms with Gasteiger partial charge < -0.3 is 10.6 Å². The molecule has 2 fully saturated rings. The molecule has 0 aromatic carbocycles. The molecule has 2 bridgehead atoms. The van der Waals surface area contributed by atoms with E-state index in [0.717, 1.165) is 31.5 Å². The minimum absolute atomic E-state index is 0.234. The summed E-state index contributed by atoms with van der Waals surface area (Å²) in [4.78, 5) is 6.96. The van der Waals surface area contributed by atoms with Crippen molar-refractivity contribution in [3.05, 3.63) is 18.3 Å². The van der Waals surface area contributed by atoms with Crippen molar-refractivity contribution in [2.75, 3.05) is 19.0 Å². The molecule has 2 saturated heterocycles. The number of hydrogen-bond acceptors (Lipinski definition) is 5. The molecule has 2 aliphatic rings. The Kier molecular flexibility index (Phi) is 3.67. The molecule has 2 atom stereocenters. The molecular formula is C14H22N4O2S. The molecule has 0 saturated carbocycles. The third-order valence-electron chi connectivity index (χ3n) is 4.53. The van der Waals surface area contributed by atoms with Gasteiger partial charge in [-0.1, -0.05) is 0 Å². The smallest absolute Gasteiger partial charge is 0.244 e. The van der Waals surface area contributed by atoms with E-state index in [1.165, 1.54) is 24.6 Å². The molecule has 116 valence electrons. The van der Waals surface area contributed by atoms with Crippen molar-refractivity contribution < 1.29 is 8.42 Å². The van der Waals surface area contributed by atoms with Crippen LogP contribution in [0.5, 0.6) is 0 Å². The predicted octanol–water partition coefficient (Wildman–Crippen LogP) is 0.790. The SMILES string of the molecule is CN(C)S(=O)(=O)c1ccc(N2C3CCC2CC(N)C3)nc1. The first-order valence-electron chi connectivity index (χ1n) is 7.32. The molecule has 3 heterocycles. The maximum atomic E-state index is 12.1. The number of piperidine rings is 1. The van der Waals surface area contributed by atoms with Crippen LogP contribution in [0.25, 0.3) is 0 Å². The lowest BCUT2D eigenvalue weighted by atomic mass is 9.98. The van der Waals surface area contributed by atoms with Crippen LogP contribution in [-0.2, 0) is 10.0 Å². The van der Waals surface area contributed by atoms with Gasteiger partial charge in [0.05, 0.1) is 0 Å². The first-order valence-corrected chi connectivity index (χ1v) is 8.76. The van der Waals surface area contributed by atoms with Crippen LogP contribution < -0.4 is 10.6 Å². The second-order valence-corrected chi connectivity index (χ2v) is 8.32. The van der Waals surface area contributed by atoms with E-state index in [1.807, 2.05) is 6.07 Å². The summed E-state index contributed by atoms with van der Waals surface area (Å²) in [5.74, 6) is 0.868. The molecule has 0 spiro atoms. The number of rotatable bonds is 3. The zero-order chi connectivity index (χ0) is 15.2. The van der Waals surface area contributed by atoms with Crippen molar-refractivity contribution >= 4 is 15.8 Å². The highest BCUT2D eigenvalue weighted by Crippen LogP contribution is 2.38. The van der Waals surface area contributed by atoms with Crippen LogP contribution in [0.2, 0.25) is 0 Å². The quantitative estimate of drug-likeness (QED) is 0.893. The number of aromatic nitrogens is 1. The van der Waals surface area contributed by atoms with Gasteiger partial charge in [-0.2, -0.15) is 0 Å². The van der Waals surface area contributed by atoms with Gasteiger partial charge in [0.1, 0.15) is 10.7 Å². The van der Waals surface area contributed by atoms with Gasteiger partial charge in [-0.15, -0.1) is 0 Å². The molecule has 0 radical (unpaired) electrons. The summed E-state index contributed by atoms with van der Waals surface area (Å²) in [5.41, 5.74) is 6.08. The average Bonchev–Trinajstić information content (AvgIpc) is 2.71. The normalized spacial score (nSPS) is 29.1.